The van der Waals surface area contributed by atoms with E-state index in [-0.39, 0.29) is 12.4 Å². The fourth-order valence-corrected chi connectivity index (χ4v) is 3.51. The number of ketones is 1. The maximum Gasteiger partial charge on any atom is 0.271 e. The van der Waals surface area contributed by atoms with Crippen LogP contribution in [0.3, 0.4) is 0 Å². The summed E-state index contributed by atoms with van der Waals surface area (Å²) in [4.78, 5) is 23.6. The number of nitrogens with one attached hydrogen (secondary N) is 1. The largest absolute Gasteiger partial charge is 0.483 e. The monoisotopic (exact) mass is 415 g/mol. The SMILES string of the molecule is CC(=O)c1c(C)n(-c2ccccc2)c2cc(Br)c(OCC(=O)NN)cc12. The third-order valence-electron chi connectivity index (χ3n) is 4.14. The number of hydrogen-bond donors (Lipinski definition) is 2. The van der Waals surface area contributed by atoms with Crippen LogP contribution in [0.25, 0.3) is 16.6 Å². The third-order valence-corrected chi connectivity index (χ3v) is 4.76. The lowest BCUT2D eigenvalue weighted by Crippen LogP contribution is -2.34. The molecule has 3 N–H and O–H groups in total. The van der Waals surface area contributed by atoms with Crippen LogP contribution < -0.4 is 16.0 Å². The number of aromatic nitrogens is 1. The fraction of sp³-hybridized carbons (Fsp3) is 0.158. The van der Waals surface area contributed by atoms with Gasteiger partial charge in [-0.15, -0.1) is 0 Å². The van der Waals surface area contributed by atoms with Crippen LogP contribution in [0.5, 0.6) is 5.75 Å². The van der Waals surface area contributed by atoms with Crippen molar-refractivity contribution in [2.24, 2.45) is 5.84 Å². The lowest BCUT2D eigenvalue weighted by Gasteiger charge is -2.10. The second kappa shape index (κ2) is 7.31. The quantitative estimate of drug-likeness (QED) is 0.289. The van der Waals surface area contributed by atoms with Gasteiger partial charge < -0.3 is 9.30 Å². The molecule has 0 atom stereocenters. The van der Waals surface area contributed by atoms with E-state index in [4.69, 9.17) is 10.6 Å². The highest BCUT2D eigenvalue weighted by Gasteiger charge is 2.20. The number of halogens is 1. The number of carbonyl (C=O) groups excluding carboxylic acids is 2. The Kier molecular flexibility index (Phi) is 5.11. The first-order chi connectivity index (χ1) is 12.4. The molecule has 3 aromatic rings. The number of nitrogens with zero attached hydrogens (tertiary/aromatic N) is 1. The highest BCUT2D eigenvalue weighted by Crippen LogP contribution is 2.36. The predicted molar refractivity (Wildman–Crippen MR) is 104 cm³/mol. The van der Waals surface area contributed by atoms with E-state index in [1.54, 1.807) is 13.0 Å². The Morgan fingerprint density at radius 3 is 2.54 bits per heavy atom. The first kappa shape index (κ1) is 18.2. The molecule has 134 valence electrons. The Balaban J connectivity index is 2.22. The molecule has 6 nitrogen and oxygen atoms in total. The van der Waals surface area contributed by atoms with Crippen molar-refractivity contribution in [3.05, 3.63) is 58.2 Å². The van der Waals surface area contributed by atoms with Crippen molar-refractivity contribution in [3.8, 4) is 11.4 Å². The summed E-state index contributed by atoms with van der Waals surface area (Å²) in [7, 11) is 0. The highest BCUT2D eigenvalue weighted by atomic mass is 79.9. The zero-order valence-corrected chi connectivity index (χ0v) is 16.0. The summed E-state index contributed by atoms with van der Waals surface area (Å²) >= 11 is 3.48. The first-order valence-corrected chi connectivity index (χ1v) is 8.76. The number of benzene rings is 2. The number of hydrogen-bond acceptors (Lipinski definition) is 4. The Labute approximate surface area is 159 Å². The molecule has 0 saturated heterocycles. The third kappa shape index (κ3) is 3.23. The van der Waals surface area contributed by atoms with Gasteiger partial charge in [-0.2, -0.15) is 0 Å². The molecule has 3 rings (SSSR count). The van der Waals surface area contributed by atoms with Crippen molar-refractivity contribution in [1.82, 2.24) is 9.99 Å². The van der Waals surface area contributed by atoms with Crippen molar-refractivity contribution in [2.45, 2.75) is 13.8 Å². The molecule has 0 fully saturated rings. The van der Waals surface area contributed by atoms with E-state index in [0.717, 1.165) is 22.3 Å². The average molecular weight is 416 g/mol. The molecule has 0 bridgehead atoms. The summed E-state index contributed by atoms with van der Waals surface area (Å²) in [6.45, 7) is 3.25. The minimum atomic E-state index is -0.443. The Bertz CT molecular complexity index is 996. The molecule has 0 aliphatic carbocycles. The van der Waals surface area contributed by atoms with Crippen molar-refractivity contribution >= 4 is 38.5 Å². The van der Waals surface area contributed by atoms with Crippen molar-refractivity contribution in [1.29, 1.82) is 0 Å². The number of carbonyl (C=O) groups is 2. The van der Waals surface area contributed by atoms with E-state index in [1.807, 2.05) is 53.3 Å². The number of fused-ring (bicyclic) bond motifs is 1. The molecule has 7 heteroatoms. The van der Waals surface area contributed by atoms with Crippen LogP contribution in [-0.2, 0) is 4.79 Å². The second-order valence-corrected chi connectivity index (χ2v) is 6.70. The van der Waals surface area contributed by atoms with E-state index < -0.39 is 5.91 Å². The molecule has 0 spiro atoms. The van der Waals surface area contributed by atoms with Gasteiger partial charge in [0.1, 0.15) is 5.75 Å². The molecular weight excluding hydrogens is 398 g/mol. The van der Waals surface area contributed by atoms with Crippen molar-refractivity contribution < 1.29 is 14.3 Å². The minimum absolute atomic E-state index is 0.0323. The van der Waals surface area contributed by atoms with Gasteiger partial charge in [0, 0.05) is 22.3 Å². The smallest absolute Gasteiger partial charge is 0.271 e. The molecule has 0 unspecified atom stereocenters. The van der Waals surface area contributed by atoms with Crippen LogP contribution in [0.2, 0.25) is 0 Å². The molecule has 1 amide bonds. The molecule has 2 aromatic carbocycles. The van der Waals surface area contributed by atoms with Gasteiger partial charge >= 0.3 is 0 Å². The average Bonchev–Trinajstić information content (AvgIpc) is 2.91. The maximum atomic E-state index is 12.3. The Hall–Kier alpha value is -2.64. The zero-order valence-electron chi connectivity index (χ0n) is 14.4. The maximum absolute atomic E-state index is 12.3. The lowest BCUT2D eigenvalue weighted by atomic mass is 10.1. The van der Waals surface area contributed by atoms with Gasteiger partial charge in [0.2, 0.25) is 0 Å². The predicted octanol–water partition coefficient (Wildman–Crippen LogP) is 3.27. The normalized spacial score (nSPS) is 10.8. The Morgan fingerprint density at radius 1 is 1.23 bits per heavy atom. The molecule has 0 aliphatic rings. The Morgan fingerprint density at radius 2 is 1.92 bits per heavy atom. The minimum Gasteiger partial charge on any atom is -0.483 e. The van der Waals surface area contributed by atoms with Crippen LogP contribution in [0.4, 0.5) is 0 Å². The van der Waals surface area contributed by atoms with E-state index in [9.17, 15) is 9.59 Å². The molecular formula is C19H18BrN3O3. The van der Waals surface area contributed by atoms with Gasteiger partial charge in [0.05, 0.1) is 9.99 Å². The van der Waals surface area contributed by atoms with E-state index in [0.29, 0.717) is 15.8 Å². The van der Waals surface area contributed by atoms with Crippen molar-refractivity contribution in [3.63, 3.8) is 0 Å². The van der Waals surface area contributed by atoms with Crippen LogP contribution in [-0.4, -0.2) is 22.9 Å². The molecule has 1 aromatic heterocycles. The van der Waals surface area contributed by atoms with Gasteiger partial charge in [-0.05, 0) is 54.0 Å². The van der Waals surface area contributed by atoms with Crippen LogP contribution >= 0.6 is 15.9 Å². The van der Waals surface area contributed by atoms with Crippen LogP contribution in [0, 0.1) is 6.92 Å². The second-order valence-electron chi connectivity index (χ2n) is 5.84. The first-order valence-electron chi connectivity index (χ1n) is 7.97. The van der Waals surface area contributed by atoms with Gasteiger partial charge in [-0.1, -0.05) is 18.2 Å². The van der Waals surface area contributed by atoms with E-state index >= 15 is 0 Å². The van der Waals surface area contributed by atoms with Crippen LogP contribution in [0.15, 0.2) is 46.9 Å². The summed E-state index contributed by atoms with van der Waals surface area (Å²) in [5.41, 5.74) is 5.34. The van der Waals surface area contributed by atoms with Crippen molar-refractivity contribution in [2.75, 3.05) is 6.61 Å². The zero-order chi connectivity index (χ0) is 18.8. The van der Waals surface area contributed by atoms with E-state index in [1.165, 1.54) is 0 Å². The standard InChI is InChI=1S/C19H18BrN3O3/c1-11-19(12(2)24)14-8-17(26-10-18(25)22-21)15(20)9-16(14)23(11)13-6-4-3-5-7-13/h3-9H,10,21H2,1-2H3,(H,22,25). The molecule has 0 aliphatic heterocycles. The number of para-hydroxylation sites is 1. The summed E-state index contributed by atoms with van der Waals surface area (Å²) in [5.74, 6) is 5.07. The lowest BCUT2D eigenvalue weighted by molar-refractivity contribution is -0.123. The summed E-state index contributed by atoms with van der Waals surface area (Å²) in [6, 6.07) is 13.5. The number of Topliss-reactive ketones (excluding diaryl/α,β-unsaturated/α-hetero) is 1. The molecule has 1 heterocycles. The number of hydrazine groups is 1. The number of amides is 1. The molecule has 26 heavy (non-hydrogen) atoms. The van der Waals surface area contributed by atoms with E-state index in [2.05, 4.69) is 15.9 Å². The summed E-state index contributed by atoms with van der Waals surface area (Å²) < 4.78 is 8.24. The molecule has 0 radical (unpaired) electrons. The van der Waals surface area contributed by atoms with Crippen LogP contribution in [0.1, 0.15) is 23.0 Å². The van der Waals surface area contributed by atoms with Gasteiger partial charge in [-0.25, -0.2) is 5.84 Å². The van der Waals surface area contributed by atoms with Gasteiger partial charge in [0.15, 0.2) is 12.4 Å². The van der Waals surface area contributed by atoms with Gasteiger partial charge in [0.25, 0.3) is 5.91 Å². The fourth-order valence-electron chi connectivity index (χ4n) is 3.07. The number of ether oxygens (including phenoxy) is 1. The highest BCUT2D eigenvalue weighted by molar-refractivity contribution is 9.10. The number of rotatable bonds is 5. The number of nitrogens with two attached hydrogens (primary N) is 1. The molecule has 0 saturated carbocycles. The topological polar surface area (TPSA) is 86.3 Å². The van der Waals surface area contributed by atoms with Gasteiger partial charge in [-0.3, -0.25) is 15.0 Å². The summed E-state index contributed by atoms with van der Waals surface area (Å²) in [5, 5.41) is 0.769. The summed E-state index contributed by atoms with van der Waals surface area (Å²) in [6.07, 6.45) is 0.